The van der Waals surface area contributed by atoms with Crippen molar-refractivity contribution in [3.05, 3.63) is 33.5 Å². The van der Waals surface area contributed by atoms with E-state index in [-0.39, 0.29) is 11.9 Å². The number of esters is 1. The Bertz CT molecular complexity index is 689. The molecule has 0 fully saturated rings. The van der Waals surface area contributed by atoms with Gasteiger partial charge in [0, 0.05) is 9.75 Å². The molecule has 7 heteroatoms. The molecule has 0 aromatic carbocycles. The van der Waals surface area contributed by atoms with E-state index in [4.69, 9.17) is 4.74 Å². The average molecular weight is 338 g/mol. The van der Waals surface area contributed by atoms with Gasteiger partial charge in [0.25, 0.3) is 0 Å². The number of hydrogen-bond donors (Lipinski definition) is 2. The highest BCUT2D eigenvalue weighted by molar-refractivity contribution is 7.17. The number of amides is 2. The molecule has 22 heavy (non-hydrogen) atoms. The third kappa shape index (κ3) is 3.86. The molecule has 2 amide bonds. The number of carbonyl (C=O) groups is 2. The minimum absolute atomic E-state index is 0.270. The summed E-state index contributed by atoms with van der Waals surface area (Å²) < 4.78 is 4.77. The van der Waals surface area contributed by atoms with Gasteiger partial charge in [-0.15, -0.1) is 22.7 Å². The summed E-state index contributed by atoms with van der Waals surface area (Å²) in [5, 5.41) is 6.75. The lowest BCUT2D eigenvalue weighted by Gasteiger charge is -2.05. The van der Waals surface area contributed by atoms with Crippen LogP contribution in [-0.4, -0.2) is 19.1 Å². The second-order valence-electron chi connectivity index (χ2n) is 5.03. The van der Waals surface area contributed by atoms with Crippen LogP contribution in [0.5, 0.6) is 0 Å². The number of hydrogen-bond acceptors (Lipinski definition) is 5. The number of methoxy groups -OCH3 is 1. The van der Waals surface area contributed by atoms with E-state index in [1.807, 2.05) is 32.9 Å². The van der Waals surface area contributed by atoms with Crippen molar-refractivity contribution in [3.63, 3.8) is 0 Å². The first-order valence-corrected chi connectivity index (χ1v) is 8.40. The molecule has 2 rings (SSSR count). The van der Waals surface area contributed by atoms with Crippen molar-refractivity contribution in [1.82, 2.24) is 0 Å². The lowest BCUT2D eigenvalue weighted by molar-refractivity contribution is 0.0602. The fourth-order valence-corrected chi connectivity index (χ4v) is 3.60. The van der Waals surface area contributed by atoms with Crippen LogP contribution in [0.4, 0.5) is 14.8 Å². The summed E-state index contributed by atoms with van der Waals surface area (Å²) in [4.78, 5) is 26.0. The van der Waals surface area contributed by atoms with E-state index >= 15 is 0 Å². The largest absolute Gasteiger partial charge is 0.465 e. The lowest BCUT2D eigenvalue weighted by atomic mass is 10.1. The van der Waals surface area contributed by atoms with Gasteiger partial charge in [0.2, 0.25) is 0 Å². The third-order valence-electron chi connectivity index (χ3n) is 2.93. The molecule has 0 saturated heterocycles. The number of rotatable bonds is 4. The maximum Gasteiger partial charge on any atom is 0.340 e. The summed E-state index contributed by atoms with van der Waals surface area (Å²) in [5.74, 6) is -0.183. The molecule has 0 atom stereocenters. The highest BCUT2D eigenvalue weighted by Gasteiger charge is 2.19. The quantitative estimate of drug-likeness (QED) is 0.796. The van der Waals surface area contributed by atoms with Gasteiger partial charge in [-0.25, -0.2) is 9.59 Å². The van der Waals surface area contributed by atoms with Crippen LogP contribution in [0.2, 0.25) is 0 Å². The molecule has 0 aliphatic carbocycles. The van der Waals surface area contributed by atoms with E-state index in [2.05, 4.69) is 10.6 Å². The van der Waals surface area contributed by atoms with E-state index in [1.165, 1.54) is 29.8 Å². The van der Waals surface area contributed by atoms with Gasteiger partial charge in [-0.05, 0) is 31.0 Å². The Balaban J connectivity index is 2.16. The molecule has 0 unspecified atom stereocenters. The van der Waals surface area contributed by atoms with Gasteiger partial charge in [-0.2, -0.15) is 0 Å². The van der Waals surface area contributed by atoms with Gasteiger partial charge in [0.15, 0.2) is 0 Å². The van der Waals surface area contributed by atoms with E-state index in [9.17, 15) is 9.59 Å². The Morgan fingerprint density at radius 2 is 1.91 bits per heavy atom. The van der Waals surface area contributed by atoms with Crippen molar-refractivity contribution in [2.24, 2.45) is 0 Å². The van der Waals surface area contributed by atoms with Crippen molar-refractivity contribution >= 4 is 44.7 Å². The van der Waals surface area contributed by atoms with Crippen LogP contribution in [0.15, 0.2) is 18.2 Å². The van der Waals surface area contributed by atoms with Crippen LogP contribution < -0.4 is 10.6 Å². The Labute approximate surface area is 137 Å². The summed E-state index contributed by atoms with van der Waals surface area (Å²) in [5.41, 5.74) is 0.383. The molecule has 0 aliphatic heterocycles. The summed E-state index contributed by atoms with van der Waals surface area (Å²) in [7, 11) is 1.33. The minimum Gasteiger partial charge on any atom is -0.465 e. The lowest BCUT2D eigenvalue weighted by Crippen LogP contribution is -2.19. The smallest absolute Gasteiger partial charge is 0.340 e. The molecule has 0 bridgehead atoms. The second-order valence-corrected chi connectivity index (χ2v) is 7.40. The predicted molar refractivity (Wildman–Crippen MR) is 91.4 cm³/mol. The Morgan fingerprint density at radius 1 is 1.18 bits per heavy atom. The Kier molecular flexibility index (Phi) is 5.20. The molecule has 2 aromatic rings. The molecule has 0 aliphatic rings. The van der Waals surface area contributed by atoms with Crippen molar-refractivity contribution in [3.8, 4) is 0 Å². The zero-order valence-electron chi connectivity index (χ0n) is 12.9. The van der Waals surface area contributed by atoms with Gasteiger partial charge in [-0.1, -0.05) is 13.8 Å². The van der Waals surface area contributed by atoms with Gasteiger partial charge < -0.3 is 4.74 Å². The molecule has 5 nitrogen and oxygen atoms in total. The average Bonchev–Trinajstić information content (AvgIpc) is 3.04. The van der Waals surface area contributed by atoms with E-state index < -0.39 is 5.97 Å². The van der Waals surface area contributed by atoms with Crippen LogP contribution >= 0.6 is 22.7 Å². The zero-order valence-corrected chi connectivity index (χ0v) is 14.5. The molecular weight excluding hydrogens is 320 g/mol. The first kappa shape index (κ1) is 16.5. The van der Waals surface area contributed by atoms with Crippen molar-refractivity contribution in [1.29, 1.82) is 0 Å². The first-order chi connectivity index (χ1) is 10.4. The molecule has 2 aromatic heterocycles. The van der Waals surface area contributed by atoms with E-state index in [0.29, 0.717) is 10.6 Å². The molecule has 118 valence electrons. The molecule has 2 heterocycles. The number of aryl methyl sites for hydroxylation is 1. The minimum atomic E-state index is -0.453. The Hall–Kier alpha value is -1.86. The standard InChI is InChI=1S/C15H18N2O3S2/c1-8(2)11-7-10(14(18)20-4)13(22-11)17-15(19)16-12-6-5-9(3)21-12/h5-8H,1-4H3,(H2,16,17,19). The predicted octanol–water partition coefficient (Wildman–Crippen LogP) is 4.67. The third-order valence-corrected chi connectivity index (χ3v) is 5.20. The summed E-state index contributed by atoms with van der Waals surface area (Å²) in [6.45, 7) is 6.04. The van der Waals surface area contributed by atoms with Gasteiger partial charge >= 0.3 is 12.0 Å². The number of anilines is 2. The van der Waals surface area contributed by atoms with Crippen LogP contribution in [0, 0.1) is 6.92 Å². The van der Waals surface area contributed by atoms with Crippen LogP contribution in [0.25, 0.3) is 0 Å². The molecule has 0 saturated carbocycles. The fourth-order valence-electron chi connectivity index (χ4n) is 1.80. The fraction of sp³-hybridized carbons (Fsp3) is 0.333. The number of nitrogens with one attached hydrogen (secondary N) is 2. The number of ether oxygens (including phenoxy) is 1. The van der Waals surface area contributed by atoms with Crippen molar-refractivity contribution in [2.75, 3.05) is 17.7 Å². The topological polar surface area (TPSA) is 67.4 Å². The number of carbonyl (C=O) groups excluding carboxylic acids is 2. The van der Waals surface area contributed by atoms with Gasteiger partial charge in [-0.3, -0.25) is 10.6 Å². The summed E-state index contributed by atoms with van der Waals surface area (Å²) >= 11 is 2.88. The molecule has 2 N–H and O–H groups in total. The van der Waals surface area contributed by atoms with Crippen molar-refractivity contribution in [2.45, 2.75) is 26.7 Å². The molecule has 0 radical (unpaired) electrons. The van der Waals surface area contributed by atoms with E-state index in [1.54, 1.807) is 6.07 Å². The summed E-state index contributed by atoms with van der Waals surface area (Å²) in [6, 6.07) is 5.17. The second kappa shape index (κ2) is 6.93. The maximum absolute atomic E-state index is 12.1. The highest BCUT2D eigenvalue weighted by atomic mass is 32.1. The molecular formula is C15H18N2O3S2. The first-order valence-electron chi connectivity index (χ1n) is 6.77. The van der Waals surface area contributed by atoms with Crippen LogP contribution in [-0.2, 0) is 4.74 Å². The van der Waals surface area contributed by atoms with Crippen molar-refractivity contribution < 1.29 is 14.3 Å². The maximum atomic E-state index is 12.1. The van der Waals surface area contributed by atoms with E-state index in [0.717, 1.165) is 14.8 Å². The number of urea groups is 1. The monoisotopic (exact) mass is 338 g/mol. The van der Waals surface area contributed by atoms with Gasteiger partial charge in [0.05, 0.1) is 17.7 Å². The normalized spacial score (nSPS) is 10.6. The highest BCUT2D eigenvalue weighted by Crippen LogP contribution is 2.33. The van der Waals surface area contributed by atoms with Crippen LogP contribution in [0.3, 0.4) is 0 Å². The van der Waals surface area contributed by atoms with Crippen LogP contribution in [0.1, 0.15) is 39.9 Å². The SMILES string of the molecule is COC(=O)c1cc(C(C)C)sc1NC(=O)Nc1ccc(C)s1. The zero-order chi connectivity index (χ0) is 16.3. The van der Waals surface area contributed by atoms with Gasteiger partial charge in [0.1, 0.15) is 5.00 Å². The molecule has 0 spiro atoms. The Morgan fingerprint density at radius 3 is 2.45 bits per heavy atom. The number of thiophene rings is 2. The summed E-state index contributed by atoms with van der Waals surface area (Å²) in [6.07, 6.45) is 0.